The number of likely N-dealkylation sites (tertiary alicyclic amines) is 1. The lowest BCUT2D eigenvalue weighted by atomic mass is 10.1. The van der Waals surface area contributed by atoms with E-state index in [0.29, 0.717) is 12.5 Å². The minimum atomic E-state index is -1.05. The zero-order valence-corrected chi connectivity index (χ0v) is 11.4. The summed E-state index contributed by atoms with van der Waals surface area (Å²) >= 11 is 0. The van der Waals surface area contributed by atoms with Gasteiger partial charge in [0.15, 0.2) is 0 Å². The van der Waals surface area contributed by atoms with Gasteiger partial charge in [-0.05, 0) is 31.8 Å². The van der Waals surface area contributed by atoms with Crippen molar-refractivity contribution in [3.05, 3.63) is 12.7 Å². The van der Waals surface area contributed by atoms with Gasteiger partial charge in [-0.2, -0.15) is 0 Å². The molecule has 1 rings (SSSR count). The van der Waals surface area contributed by atoms with E-state index in [0.717, 1.165) is 26.1 Å². The van der Waals surface area contributed by atoms with Crippen molar-refractivity contribution in [1.29, 1.82) is 0 Å². The third kappa shape index (κ3) is 5.30. The van der Waals surface area contributed by atoms with Crippen LogP contribution in [0.1, 0.15) is 19.8 Å². The number of hydrogen-bond acceptors (Lipinski definition) is 3. The molecule has 1 aliphatic heterocycles. The van der Waals surface area contributed by atoms with Gasteiger partial charge in [0, 0.05) is 13.1 Å². The Morgan fingerprint density at radius 3 is 2.84 bits per heavy atom. The molecule has 0 radical (unpaired) electrons. The summed E-state index contributed by atoms with van der Waals surface area (Å²) in [5.74, 6) is -0.596. The SMILES string of the molecule is C=CCC(NC(=O)NCC1CCN(CC)C1)C(=O)O. The fourth-order valence-electron chi connectivity index (χ4n) is 2.20. The molecule has 1 heterocycles. The van der Waals surface area contributed by atoms with Gasteiger partial charge in [0.25, 0.3) is 0 Å². The fourth-order valence-corrected chi connectivity index (χ4v) is 2.20. The molecule has 1 saturated heterocycles. The Hall–Kier alpha value is -1.56. The lowest BCUT2D eigenvalue weighted by Gasteiger charge is -2.16. The van der Waals surface area contributed by atoms with Crippen molar-refractivity contribution in [2.75, 3.05) is 26.2 Å². The number of nitrogens with zero attached hydrogens (tertiary/aromatic N) is 1. The molecule has 0 aromatic heterocycles. The molecule has 2 unspecified atom stereocenters. The van der Waals surface area contributed by atoms with E-state index >= 15 is 0 Å². The number of aliphatic carboxylic acids is 1. The van der Waals surface area contributed by atoms with Crippen LogP contribution in [0.25, 0.3) is 0 Å². The van der Waals surface area contributed by atoms with Gasteiger partial charge in [-0.25, -0.2) is 9.59 Å². The van der Waals surface area contributed by atoms with Crippen LogP contribution in [0.3, 0.4) is 0 Å². The Bertz CT molecular complexity index is 333. The van der Waals surface area contributed by atoms with Gasteiger partial charge in [0.2, 0.25) is 0 Å². The molecule has 0 aromatic carbocycles. The molecule has 0 spiro atoms. The van der Waals surface area contributed by atoms with Crippen LogP contribution >= 0.6 is 0 Å². The van der Waals surface area contributed by atoms with Crippen LogP contribution in [0.5, 0.6) is 0 Å². The molecule has 0 aliphatic carbocycles. The maximum absolute atomic E-state index is 11.6. The molecule has 6 nitrogen and oxygen atoms in total. The van der Waals surface area contributed by atoms with Crippen LogP contribution < -0.4 is 10.6 Å². The predicted octanol–water partition coefficient (Wildman–Crippen LogP) is 0.657. The molecule has 0 aromatic rings. The van der Waals surface area contributed by atoms with E-state index in [2.05, 4.69) is 29.0 Å². The van der Waals surface area contributed by atoms with Crippen LogP contribution in [0.15, 0.2) is 12.7 Å². The number of nitrogens with one attached hydrogen (secondary N) is 2. The molecule has 6 heteroatoms. The second-order valence-electron chi connectivity index (χ2n) is 4.82. The van der Waals surface area contributed by atoms with Crippen molar-refractivity contribution < 1.29 is 14.7 Å². The summed E-state index contributed by atoms with van der Waals surface area (Å²) in [7, 11) is 0. The average molecular weight is 269 g/mol. The van der Waals surface area contributed by atoms with Crippen molar-refractivity contribution in [3.8, 4) is 0 Å². The Labute approximate surface area is 113 Å². The topological polar surface area (TPSA) is 81.7 Å². The number of amides is 2. The van der Waals surface area contributed by atoms with Crippen LogP contribution in [-0.4, -0.2) is 54.2 Å². The van der Waals surface area contributed by atoms with Gasteiger partial charge >= 0.3 is 12.0 Å². The second-order valence-corrected chi connectivity index (χ2v) is 4.82. The van der Waals surface area contributed by atoms with Crippen molar-refractivity contribution in [2.24, 2.45) is 5.92 Å². The Morgan fingerprint density at radius 2 is 2.32 bits per heavy atom. The summed E-state index contributed by atoms with van der Waals surface area (Å²) in [5, 5.41) is 14.1. The molecule has 3 N–H and O–H groups in total. The average Bonchev–Trinajstić information content (AvgIpc) is 2.83. The first-order valence-corrected chi connectivity index (χ1v) is 6.67. The Balaban J connectivity index is 2.27. The van der Waals surface area contributed by atoms with Crippen LogP contribution in [-0.2, 0) is 4.79 Å². The number of urea groups is 1. The van der Waals surface area contributed by atoms with Gasteiger partial charge in [-0.15, -0.1) is 6.58 Å². The van der Waals surface area contributed by atoms with E-state index in [9.17, 15) is 9.59 Å². The van der Waals surface area contributed by atoms with E-state index in [1.807, 2.05) is 0 Å². The first-order chi connectivity index (χ1) is 9.06. The summed E-state index contributed by atoms with van der Waals surface area (Å²) in [5.41, 5.74) is 0. The zero-order chi connectivity index (χ0) is 14.3. The highest BCUT2D eigenvalue weighted by Gasteiger charge is 2.22. The molecular weight excluding hydrogens is 246 g/mol. The van der Waals surface area contributed by atoms with Gasteiger partial charge < -0.3 is 20.6 Å². The van der Waals surface area contributed by atoms with Crippen LogP contribution in [0.2, 0.25) is 0 Å². The number of carbonyl (C=O) groups excluding carboxylic acids is 1. The van der Waals surface area contributed by atoms with E-state index in [-0.39, 0.29) is 6.42 Å². The smallest absolute Gasteiger partial charge is 0.326 e. The number of carbonyl (C=O) groups is 2. The first-order valence-electron chi connectivity index (χ1n) is 6.67. The largest absolute Gasteiger partial charge is 0.480 e. The highest BCUT2D eigenvalue weighted by Crippen LogP contribution is 2.14. The Kier molecular flexibility index (Phi) is 6.35. The monoisotopic (exact) mass is 269 g/mol. The van der Waals surface area contributed by atoms with Gasteiger partial charge in [-0.3, -0.25) is 0 Å². The summed E-state index contributed by atoms with van der Waals surface area (Å²) in [6.07, 6.45) is 2.77. The number of rotatable bonds is 7. The lowest BCUT2D eigenvalue weighted by molar-refractivity contribution is -0.139. The van der Waals surface area contributed by atoms with Crippen LogP contribution in [0.4, 0.5) is 4.79 Å². The number of carboxylic acids is 1. The standard InChI is InChI=1S/C13H23N3O3/c1-3-5-11(12(17)18)15-13(19)14-8-10-6-7-16(4-2)9-10/h3,10-11H,1,4-9H2,2H3,(H,17,18)(H2,14,15,19). The third-order valence-corrected chi connectivity index (χ3v) is 3.37. The van der Waals surface area contributed by atoms with Gasteiger partial charge in [-0.1, -0.05) is 13.0 Å². The third-order valence-electron chi connectivity index (χ3n) is 3.37. The van der Waals surface area contributed by atoms with Crippen molar-refractivity contribution >= 4 is 12.0 Å². The summed E-state index contributed by atoms with van der Waals surface area (Å²) in [4.78, 5) is 24.8. The fraction of sp³-hybridized carbons (Fsp3) is 0.692. The number of hydrogen-bond donors (Lipinski definition) is 3. The highest BCUT2D eigenvalue weighted by molar-refractivity contribution is 5.82. The molecule has 19 heavy (non-hydrogen) atoms. The molecule has 0 saturated carbocycles. The molecule has 2 amide bonds. The minimum absolute atomic E-state index is 0.218. The predicted molar refractivity (Wildman–Crippen MR) is 73.0 cm³/mol. The number of carboxylic acid groups (broad SMARTS) is 1. The summed E-state index contributed by atoms with van der Waals surface area (Å²) < 4.78 is 0. The van der Waals surface area contributed by atoms with Crippen molar-refractivity contribution in [1.82, 2.24) is 15.5 Å². The van der Waals surface area contributed by atoms with E-state index in [4.69, 9.17) is 5.11 Å². The molecule has 1 fully saturated rings. The van der Waals surface area contributed by atoms with Gasteiger partial charge in [0.05, 0.1) is 0 Å². The zero-order valence-electron chi connectivity index (χ0n) is 11.4. The van der Waals surface area contributed by atoms with Crippen LogP contribution in [0, 0.1) is 5.92 Å². The van der Waals surface area contributed by atoms with Gasteiger partial charge in [0.1, 0.15) is 6.04 Å². The molecule has 108 valence electrons. The maximum atomic E-state index is 11.6. The first kappa shape index (κ1) is 15.5. The lowest BCUT2D eigenvalue weighted by Crippen LogP contribution is -2.47. The summed E-state index contributed by atoms with van der Waals surface area (Å²) in [6, 6.07) is -1.34. The normalized spacial score (nSPS) is 20.8. The quantitative estimate of drug-likeness (QED) is 0.593. The molecular formula is C13H23N3O3. The molecule has 1 aliphatic rings. The highest BCUT2D eigenvalue weighted by atomic mass is 16.4. The molecule has 2 atom stereocenters. The van der Waals surface area contributed by atoms with E-state index < -0.39 is 18.0 Å². The minimum Gasteiger partial charge on any atom is -0.480 e. The van der Waals surface area contributed by atoms with Crippen molar-refractivity contribution in [3.63, 3.8) is 0 Å². The Morgan fingerprint density at radius 1 is 1.58 bits per heavy atom. The van der Waals surface area contributed by atoms with E-state index in [1.165, 1.54) is 6.08 Å². The summed E-state index contributed by atoms with van der Waals surface area (Å²) in [6.45, 7) is 9.27. The van der Waals surface area contributed by atoms with E-state index in [1.54, 1.807) is 0 Å². The maximum Gasteiger partial charge on any atom is 0.326 e. The second kappa shape index (κ2) is 7.78. The van der Waals surface area contributed by atoms with Crippen molar-refractivity contribution in [2.45, 2.75) is 25.8 Å². The molecule has 0 bridgehead atoms.